The first-order chi connectivity index (χ1) is 10.7. The highest BCUT2D eigenvalue weighted by Gasteiger charge is 2.03. The summed E-state index contributed by atoms with van der Waals surface area (Å²) in [6.45, 7) is 29.0. The van der Waals surface area contributed by atoms with Crippen LogP contribution in [0, 0.1) is 5.92 Å². The maximum absolute atomic E-state index is 3.36. The van der Waals surface area contributed by atoms with E-state index in [2.05, 4.69) is 46.1 Å². The number of allylic oxidation sites excluding steroid dienone is 4. The van der Waals surface area contributed by atoms with E-state index >= 15 is 0 Å². The van der Waals surface area contributed by atoms with Crippen LogP contribution in [0.3, 0.4) is 0 Å². The second kappa shape index (κ2) is 71.5. The molecular formula is C22H50. The summed E-state index contributed by atoms with van der Waals surface area (Å²) >= 11 is 0. The van der Waals surface area contributed by atoms with Gasteiger partial charge in [-0.15, -0.1) is 13.2 Å². The van der Waals surface area contributed by atoms with Crippen molar-refractivity contribution in [2.45, 2.75) is 102 Å². The second-order valence-corrected chi connectivity index (χ2v) is 3.70. The van der Waals surface area contributed by atoms with Gasteiger partial charge < -0.3 is 0 Å². The highest BCUT2D eigenvalue weighted by Crippen LogP contribution is 2.18. The number of hydrogen-bond acceptors (Lipinski definition) is 0. The van der Waals surface area contributed by atoms with Crippen LogP contribution in [0.15, 0.2) is 37.5 Å². The second-order valence-electron chi connectivity index (χ2n) is 3.70. The molecule has 1 rings (SSSR count). The maximum Gasteiger partial charge on any atom is -0.0233 e. The molecule has 0 radical (unpaired) electrons. The lowest BCUT2D eigenvalue weighted by molar-refractivity contribution is 0.612. The lowest BCUT2D eigenvalue weighted by Gasteiger charge is -1.97. The zero-order valence-corrected chi connectivity index (χ0v) is 18.1. The van der Waals surface area contributed by atoms with E-state index in [1.807, 2.05) is 55.4 Å². The van der Waals surface area contributed by atoms with Gasteiger partial charge in [0.1, 0.15) is 0 Å². The van der Waals surface area contributed by atoms with Gasteiger partial charge in [0.2, 0.25) is 0 Å². The van der Waals surface area contributed by atoms with Crippen molar-refractivity contribution in [1.29, 1.82) is 0 Å². The van der Waals surface area contributed by atoms with Gasteiger partial charge in [-0.1, -0.05) is 93.0 Å². The Hall–Kier alpha value is -0.780. The van der Waals surface area contributed by atoms with E-state index in [9.17, 15) is 0 Å². The van der Waals surface area contributed by atoms with Crippen molar-refractivity contribution in [1.82, 2.24) is 0 Å². The zero-order valence-electron chi connectivity index (χ0n) is 18.1. The molecule has 1 aliphatic rings. The smallest absolute Gasteiger partial charge is 0.0233 e. The Balaban J connectivity index is -0.0000000373. The Morgan fingerprint density at radius 1 is 0.864 bits per heavy atom. The zero-order chi connectivity index (χ0) is 19.2. The Labute approximate surface area is 145 Å². The van der Waals surface area contributed by atoms with Gasteiger partial charge in [-0.2, -0.15) is 0 Å². The van der Waals surface area contributed by atoms with Crippen molar-refractivity contribution in [3.63, 3.8) is 0 Å². The van der Waals surface area contributed by atoms with Crippen LogP contribution < -0.4 is 0 Å². The molecule has 0 aromatic rings. The quantitative estimate of drug-likeness (QED) is 0.423. The Morgan fingerprint density at radius 2 is 1.14 bits per heavy atom. The van der Waals surface area contributed by atoms with Gasteiger partial charge in [0.05, 0.1) is 0 Å². The summed E-state index contributed by atoms with van der Waals surface area (Å²) < 4.78 is 0. The van der Waals surface area contributed by atoms with Gasteiger partial charge >= 0.3 is 0 Å². The van der Waals surface area contributed by atoms with Crippen molar-refractivity contribution in [3.8, 4) is 0 Å². The van der Waals surface area contributed by atoms with Gasteiger partial charge in [-0.3, -0.25) is 0 Å². The molecule has 1 unspecified atom stereocenters. The van der Waals surface area contributed by atoms with E-state index in [1.165, 1.54) is 25.7 Å². The lowest BCUT2D eigenvalue weighted by atomic mass is 10.1. The molecule has 0 heteroatoms. The fraction of sp³-hybridized carbons (Fsp3) is 0.727. The van der Waals surface area contributed by atoms with Crippen LogP contribution in [0.4, 0.5) is 0 Å². The van der Waals surface area contributed by atoms with Gasteiger partial charge in [-0.05, 0) is 39.0 Å². The Kier molecular flexibility index (Phi) is 122. The Bertz CT molecular complexity index is 136. The summed E-state index contributed by atoms with van der Waals surface area (Å²) in [7, 11) is 0. The molecule has 0 nitrogen and oxygen atoms in total. The molecule has 0 heterocycles. The maximum atomic E-state index is 3.36. The highest BCUT2D eigenvalue weighted by atomic mass is 14.1. The van der Waals surface area contributed by atoms with Crippen LogP contribution in [-0.2, 0) is 0 Å². The van der Waals surface area contributed by atoms with Gasteiger partial charge in [0.15, 0.2) is 0 Å². The van der Waals surface area contributed by atoms with Crippen molar-refractivity contribution in [2.75, 3.05) is 0 Å². The molecule has 0 saturated heterocycles. The molecule has 0 amide bonds. The van der Waals surface area contributed by atoms with E-state index in [4.69, 9.17) is 0 Å². The predicted molar refractivity (Wildman–Crippen MR) is 114 cm³/mol. The molecule has 0 aromatic heterocycles. The van der Waals surface area contributed by atoms with E-state index in [0.29, 0.717) is 0 Å². The molecule has 1 atom stereocenters. The standard InChI is InChI=1S/C7H12.C3H8.2C3H6.3C2H6/c1-2-7-5-3-4-6-7;3*1-3-2;3*1-2/h3,5,7H,2,4,6H2,1H3;3H2,1-2H3;2*3H,1H2,2H3;3*1-2H3. The Morgan fingerprint density at radius 3 is 1.23 bits per heavy atom. The largest absolute Gasteiger partial charge is 0.103 e. The minimum atomic E-state index is 0.917. The summed E-state index contributed by atoms with van der Waals surface area (Å²) in [5.74, 6) is 0.917. The van der Waals surface area contributed by atoms with E-state index in [-0.39, 0.29) is 0 Å². The lowest BCUT2D eigenvalue weighted by Crippen LogP contribution is -1.84. The molecule has 0 aromatic carbocycles. The van der Waals surface area contributed by atoms with E-state index in [1.54, 1.807) is 12.2 Å². The number of hydrogen-bond donors (Lipinski definition) is 0. The van der Waals surface area contributed by atoms with E-state index in [0.717, 1.165) is 5.92 Å². The van der Waals surface area contributed by atoms with Crippen LogP contribution in [0.5, 0.6) is 0 Å². The minimum Gasteiger partial charge on any atom is -0.103 e. The first-order valence-electron chi connectivity index (χ1n) is 9.48. The van der Waals surface area contributed by atoms with Gasteiger partial charge in [0, 0.05) is 0 Å². The summed E-state index contributed by atoms with van der Waals surface area (Å²) in [5, 5.41) is 0. The van der Waals surface area contributed by atoms with Crippen molar-refractivity contribution in [2.24, 2.45) is 5.92 Å². The molecule has 0 saturated carbocycles. The summed E-state index contributed by atoms with van der Waals surface area (Å²) in [6.07, 6.45) is 13.4. The molecule has 0 aliphatic heterocycles. The fourth-order valence-electron chi connectivity index (χ4n) is 1.04. The van der Waals surface area contributed by atoms with Crippen molar-refractivity contribution >= 4 is 0 Å². The monoisotopic (exact) mass is 314 g/mol. The number of rotatable bonds is 1. The van der Waals surface area contributed by atoms with Crippen LogP contribution in [0.2, 0.25) is 0 Å². The average molecular weight is 315 g/mol. The minimum absolute atomic E-state index is 0.917. The third kappa shape index (κ3) is 94.4. The molecule has 22 heavy (non-hydrogen) atoms. The SMILES string of the molecule is C=CC.C=CC.CC.CC.CC.CCC.CCC1C=CCC1. The molecule has 0 fully saturated rings. The van der Waals surface area contributed by atoms with Crippen LogP contribution >= 0.6 is 0 Å². The summed E-state index contributed by atoms with van der Waals surface area (Å²) in [6, 6.07) is 0. The van der Waals surface area contributed by atoms with Crippen molar-refractivity contribution in [3.05, 3.63) is 37.5 Å². The third-order valence-electron chi connectivity index (χ3n) is 1.64. The molecule has 0 N–H and O–H groups in total. The van der Waals surface area contributed by atoms with Crippen LogP contribution in [0.25, 0.3) is 0 Å². The summed E-state index contributed by atoms with van der Waals surface area (Å²) in [4.78, 5) is 0. The molecule has 1 aliphatic carbocycles. The first kappa shape index (κ1) is 37.5. The normalized spacial score (nSPS) is 12.0. The van der Waals surface area contributed by atoms with Crippen LogP contribution in [-0.4, -0.2) is 0 Å². The van der Waals surface area contributed by atoms with Crippen molar-refractivity contribution < 1.29 is 0 Å². The molecular weight excluding hydrogens is 264 g/mol. The van der Waals surface area contributed by atoms with Crippen LogP contribution in [0.1, 0.15) is 102 Å². The predicted octanol–water partition coefficient (Wildman–Crippen LogP) is 9.24. The molecule has 0 spiro atoms. The topological polar surface area (TPSA) is 0 Å². The summed E-state index contributed by atoms with van der Waals surface area (Å²) in [5.41, 5.74) is 0. The highest BCUT2D eigenvalue weighted by molar-refractivity contribution is 4.95. The fourth-order valence-corrected chi connectivity index (χ4v) is 1.04. The average Bonchev–Trinajstić information content (AvgIpc) is 3.09. The first-order valence-corrected chi connectivity index (χ1v) is 9.48. The van der Waals surface area contributed by atoms with E-state index < -0.39 is 0 Å². The molecule has 138 valence electrons. The third-order valence-corrected chi connectivity index (χ3v) is 1.64. The van der Waals surface area contributed by atoms with Gasteiger partial charge in [0.25, 0.3) is 0 Å². The van der Waals surface area contributed by atoms with Gasteiger partial charge in [-0.25, -0.2) is 0 Å². The molecule has 0 bridgehead atoms.